The van der Waals surface area contributed by atoms with Crippen molar-refractivity contribution in [3.05, 3.63) is 29.8 Å². The predicted molar refractivity (Wildman–Crippen MR) is 108 cm³/mol. The first-order chi connectivity index (χ1) is 13.4. The summed E-state index contributed by atoms with van der Waals surface area (Å²) in [7, 11) is 0. The quantitative estimate of drug-likeness (QED) is 0.721. The molecule has 1 aliphatic heterocycles. The molecule has 4 heteroatoms. The van der Waals surface area contributed by atoms with Crippen molar-refractivity contribution in [3.8, 4) is 0 Å². The highest BCUT2D eigenvalue weighted by molar-refractivity contribution is 5.99. The molecule has 4 bridgehead atoms. The first-order valence-electron chi connectivity index (χ1n) is 11.0. The highest BCUT2D eigenvalue weighted by atomic mass is 16.5. The summed E-state index contributed by atoms with van der Waals surface area (Å²) in [6.45, 7) is 3.79. The standard InChI is InChI=1S/C24H31NO3/c1-15-7-20-5-3-4-6-21(20)25(15)23(27)16(2)28-22(26)14-24-11-17-8-18(12-24)10-19(9-17)13-24/h3-6,15-19H,7-14H2,1-2H3/t15-,16+,17?,18?,19?,24?/m1/s1. The molecule has 1 amide bonds. The topological polar surface area (TPSA) is 46.6 Å². The van der Waals surface area contributed by atoms with Crippen molar-refractivity contribution in [2.24, 2.45) is 23.2 Å². The Balaban J connectivity index is 1.24. The highest BCUT2D eigenvalue weighted by Gasteiger charge is 2.52. The molecule has 5 aliphatic rings. The second-order valence-corrected chi connectivity index (χ2v) is 10.1. The Morgan fingerprint density at radius 3 is 2.36 bits per heavy atom. The SMILES string of the molecule is C[C@H](OC(=O)CC12CC3CC(CC(C3)C1)C2)C(=O)N1c2ccccc2C[C@H]1C. The number of fused-ring (bicyclic) bond motifs is 1. The van der Waals surface area contributed by atoms with E-state index in [1.54, 1.807) is 6.92 Å². The largest absolute Gasteiger partial charge is 0.453 e. The van der Waals surface area contributed by atoms with E-state index in [4.69, 9.17) is 4.74 Å². The fourth-order valence-corrected chi connectivity index (χ4v) is 7.20. The van der Waals surface area contributed by atoms with Crippen molar-refractivity contribution in [1.29, 1.82) is 0 Å². The molecule has 150 valence electrons. The van der Waals surface area contributed by atoms with E-state index >= 15 is 0 Å². The number of nitrogens with zero attached hydrogens (tertiary/aromatic N) is 1. The molecule has 0 radical (unpaired) electrons. The number of anilines is 1. The minimum atomic E-state index is -0.727. The van der Waals surface area contributed by atoms with Gasteiger partial charge in [-0.2, -0.15) is 0 Å². The summed E-state index contributed by atoms with van der Waals surface area (Å²) in [5, 5.41) is 0. The zero-order valence-electron chi connectivity index (χ0n) is 17.0. The van der Waals surface area contributed by atoms with E-state index in [1.807, 2.05) is 23.1 Å². The van der Waals surface area contributed by atoms with Crippen LogP contribution in [0.1, 0.15) is 64.4 Å². The van der Waals surface area contributed by atoms with Gasteiger partial charge in [-0.3, -0.25) is 9.59 Å². The van der Waals surface area contributed by atoms with Crippen molar-refractivity contribution in [3.63, 3.8) is 0 Å². The summed E-state index contributed by atoms with van der Waals surface area (Å²) in [5.74, 6) is 2.18. The third-order valence-electron chi connectivity index (χ3n) is 7.79. The van der Waals surface area contributed by atoms with Gasteiger partial charge in [0, 0.05) is 11.7 Å². The Bertz CT molecular complexity index is 766. The minimum absolute atomic E-state index is 0.101. The van der Waals surface area contributed by atoms with Crippen LogP contribution in [-0.2, 0) is 20.7 Å². The lowest BCUT2D eigenvalue weighted by Crippen LogP contribution is -2.48. The van der Waals surface area contributed by atoms with Gasteiger partial charge in [0.05, 0.1) is 6.42 Å². The van der Waals surface area contributed by atoms with Crippen LogP contribution in [0.25, 0.3) is 0 Å². The number of hydrogen-bond donors (Lipinski definition) is 0. The Morgan fingerprint density at radius 2 is 1.71 bits per heavy atom. The third kappa shape index (κ3) is 3.05. The number of carbonyl (C=O) groups is 2. The molecule has 0 spiro atoms. The lowest BCUT2D eigenvalue weighted by atomic mass is 9.49. The van der Waals surface area contributed by atoms with Crippen LogP contribution in [-0.4, -0.2) is 24.0 Å². The smallest absolute Gasteiger partial charge is 0.307 e. The summed E-state index contributed by atoms with van der Waals surface area (Å²) in [4.78, 5) is 27.7. The molecule has 1 aromatic carbocycles. The predicted octanol–water partition coefficient (Wildman–Crippen LogP) is 4.50. The van der Waals surface area contributed by atoms with Crippen LogP contribution in [0.3, 0.4) is 0 Å². The van der Waals surface area contributed by atoms with E-state index in [0.29, 0.717) is 6.42 Å². The molecule has 6 rings (SSSR count). The van der Waals surface area contributed by atoms with Crippen LogP contribution in [0, 0.1) is 23.2 Å². The Labute approximate surface area is 167 Å². The van der Waals surface area contributed by atoms with Crippen molar-refractivity contribution in [2.75, 3.05) is 4.90 Å². The Hall–Kier alpha value is -1.84. The van der Waals surface area contributed by atoms with Crippen molar-refractivity contribution in [1.82, 2.24) is 0 Å². The van der Waals surface area contributed by atoms with Crippen LogP contribution in [0.5, 0.6) is 0 Å². The lowest BCUT2D eigenvalue weighted by molar-refractivity contribution is -0.160. The summed E-state index contributed by atoms with van der Waals surface area (Å²) >= 11 is 0. The van der Waals surface area contributed by atoms with Gasteiger partial charge in [0.2, 0.25) is 0 Å². The first-order valence-corrected chi connectivity index (χ1v) is 11.0. The zero-order valence-corrected chi connectivity index (χ0v) is 17.0. The average molecular weight is 382 g/mol. The molecule has 1 heterocycles. The van der Waals surface area contributed by atoms with E-state index in [1.165, 1.54) is 44.1 Å². The van der Waals surface area contributed by atoms with Crippen LogP contribution >= 0.6 is 0 Å². The van der Waals surface area contributed by atoms with E-state index in [-0.39, 0.29) is 23.3 Å². The van der Waals surface area contributed by atoms with Gasteiger partial charge in [0.15, 0.2) is 6.10 Å². The molecule has 28 heavy (non-hydrogen) atoms. The molecular weight excluding hydrogens is 350 g/mol. The van der Waals surface area contributed by atoms with Crippen LogP contribution < -0.4 is 4.90 Å². The van der Waals surface area contributed by atoms with Crippen molar-refractivity contribution >= 4 is 17.6 Å². The fraction of sp³-hybridized carbons (Fsp3) is 0.667. The van der Waals surface area contributed by atoms with Crippen molar-refractivity contribution < 1.29 is 14.3 Å². The van der Waals surface area contributed by atoms with Crippen LogP contribution in [0.2, 0.25) is 0 Å². The summed E-state index contributed by atoms with van der Waals surface area (Å²) in [6, 6.07) is 8.13. The first kappa shape index (κ1) is 18.2. The molecule has 4 saturated carbocycles. The lowest BCUT2D eigenvalue weighted by Gasteiger charge is -2.56. The zero-order chi connectivity index (χ0) is 19.5. The molecule has 4 nitrogen and oxygen atoms in total. The van der Waals surface area contributed by atoms with Gasteiger partial charge in [-0.25, -0.2) is 0 Å². The molecule has 0 N–H and O–H groups in total. The molecular formula is C24H31NO3. The molecule has 4 aliphatic carbocycles. The molecule has 0 unspecified atom stereocenters. The molecule has 4 fully saturated rings. The van der Waals surface area contributed by atoms with E-state index in [9.17, 15) is 9.59 Å². The second-order valence-electron chi connectivity index (χ2n) is 10.1. The van der Waals surface area contributed by atoms with Gasteiger partial charge in [0.25, 0.3) is 5.91 Å². The summed E-state index contributed by atoms with van der Waals surface area (Å²) < 4.78 is 5.70. The van der Waals surface area contributed by atoms with Gasteiger partial charge in [-0.05, 0) is 93.6 Å². The summed E-state index contributed by atoms with van der Waals surface area (Å²) in [6.07, 6.45) is 8.30. The van der Waals surface area contributed by atoms with Crippen LogP contribution in [0.15, 0.2) is 24.3 Å². The normalized spacial score (nSPS) is 36.3. The molecule has 2 atom stereocenters. The second kappa shape index (κ2) is 6.60. The van der Waals surface area contributed by atoms with E-state index in [0.717, 1.165) is 29.9 Å². The van der Waals surface area contributed by atoms with Gasteiger partial charge in [-0.15, -0.1) is 0 Å². The maximum Gasteiger partial charge on any atom is 0.307 e. The summed E-state index contributed by atoms with van der Waals surface area (Å²) in [5.41, 5.74) is 2.31. The van der Waals surface area contributed by atoms with E-state index < -0.39 is 6.10 Å². The maximum absolute atomic E-state index is 13.1. The molecule has 0 saturated heterocycles. The number of carbonyl (C=O) groups excluding carboxylic acids is 2. The number of esters is 1. The van der Waals surface area contributed by atoms with E-state index in [2.05, 4.69) is 13.0 Å². The highest BCUT2D eigenvalue weighted by Crippen LogP contribution is 2.61. The monoisotopic (exact) mass is 381 g/mol. The van der Waals surface area contributed by atoms with Crippen LogP contribution in [0.4, 0.5) is 5.69 Å². The number of hydrogen-bond acceptors (Lipinski definition) is 3. The Kier molecular flexibility index (Phi) is 4.29. The fourth-order valence-electron chi connectivity index (χ4n) is 7.20. The van der Waals surface area contributed by atoms with Gasteiger partial charge < -0.3 is 9.64 Å². The van der Waals surface area contributed by atoms with Crippen molar-refractivity contribution in [2.45, 2.75) is 77.4 Å². The molecule has 1 aromatic rings. The van der Waals surface area contributed by atoms with Gasteiger partial charge in [-0.1, -0.05) is 18.2 Å². The average Bonchev–Trinajstić information content (AvgIpc) is 2.94. The number of para-hydroxylation sites is 1. The number of rotatable bonds is 4. The maximum atomic E-state index is 13.1. The number of amides is 1. The number of ether oxygens (including phenoxy) is 1. The third-order valence-corrected chi connectivity index (χ3v) is 7.79. The molecule has 0 aromatic heterocycles. The Morgan fingerprint density at radius 1 is 1.11 bits per heavy atom. The minimum Gasteiger partial charge on any atom is -0.453 e. The number of benzene rings is 1. The van der Waals surface area contributed by atoms with Gasteiger partial charge >= 0.3 is 5.97 Å². The van der Waals surface area contributed by atoms with Gasteiger partial charge in [0.1, 0.15) is 0 Å².